The van der Waals surface area contributed by atoms with E-state index in [9.17, 15) is 9.18 Å². The number of hydrogen-bond donors (Lipinski definition) is 2. The number of halogens is 2. The smallest absolute Gasteiger partial charge is 0.255 e. The molecule has 0 radical (unpaired) electrons. The van der Waals surface area contributed by atoms with Crippen LogP contribution in [0.5, 0.6) is 5.75 Å². The molecule has 2 unspecified atom stereocenters. The maximum Gasteiger partial charge on any atom is 0.255 e. The molecule has 31 heavy (non-hydrogen) atoms. The van der Waals surface area contributed by atoms with Crippen LogP contribution >= 0.6 is 11.6 Å². The molecule has 0 aromatic heterocycles. The molecule has 3 fully saturated rings. The van der Waals surface area contributed by atoms with E-state index in [-0.39, 0.29) is 5.91 Å². The van der Waals surface area contributed by atoms with Crippen LogP contribution in [0.4, 0.5) is 10.1 Å². The minimum absolute atomic E-state index is 0.152. The minimum Gasteiger partial charge on any atom is -0.492 e. The number of amides is 1. The first-order chi connectivity index (χ1) is 15.0. The fraction of sp³-hybridized carbons (Fsp3) is 0.696. The second-order valence-corrected chi connectivity index (χ2v) is 9.96. The van der Waals surface area contributed by atoms with Gasteiger partial charge in [0, 0.05) is 57.8 Å². The number of benzene rings is 1. The summed E-state index contributed by atoms with van der Waals surface area (Å²) in [6.45, 7) is 5.14. The summed E-state index contributed by atoms with van der Waals surface area (Å²) in [6.07, 6.45) is 3.28. The molecule has 4 aliphatic rings. The van der Waals surface area contributed by atoms with Crippen LogP contribution in [0.1, 0.15) is 41.6 Å². The number of carbonyl (C=O) groups excluding carboxylic acids is 1. The Morgan fingerprint density at radius 2 is 2.03 bits per heavy atom. The van der Waals surface area contributed by atoms with Gasteiger partial charge in [-0.3, -0.25) is 4.79 Å². The maximum atomic E-state index is 14.8. The highest BCUT2D eigenvalue weighted by atomic mass is 35.5. The number of nitrogens with two attached hydrogens (primary N) is 1. The highest BCUT2D eigenvalue weighted by Crippen LogP contribution is 2.51. The molecule has 170 valence electrons. The Kier molecular flexibility index (Phi) is 5.78. The molecular formula is C23H31ClFN3O3. The van der Waals surface area contributed by atoms with Gasteiger partial charge in [-0.25, -0.2) is 4.39 Å². The molecule has 3 heterocycles. The molecule has 1 amide bonds. The lowest BCUT2D eigenvalue weighted by Crippen LogP contribution is -2.37. The molecular weight excluding hydrogens is 421 g/mol. The molecule has 2 atom stereocenters. The van der Waals surface area contributed by atoms with Crippen LogP contribution in [0.2, 0.25) is 5.02 Å². The number of alkyl halides is 1. The molecule has 1 aromatic carbocycles. The summed E-state index contributed by atoms with van der Waals surface area (Å²) in [5.41, 5.74) is 6.86. The SMILES string of the molecule is Nc1c(Cl)cc(C(=O)NCC2C3CN(CCC4(F)CCOCC4)CC23)c2c1CCCO2. The first kappa shape index (κ1) is 21.3. The third kappa shape index (κ3) is 4.24. The van der Waals surface area contributed by atoms with Gasteiger partial charge in [-0.2, -0.15) is 0 Å². The van der Waals surface area contributed by atoms with E-state index in [1.54, 1.807) is 6.07 Å². The molecule has 0 spiro atoms. The Labute approximate surface area is 187 Å². The van der Waals surface area contributed by atoms with Crippen molar-refractivity contribution in [2.45, 2.75) is 37.8 Å². The van der Waals surface area contributed by atoms with Crippen molar-refractivity contribution >= 4 is 23.2 Å². The van der Waals surface area contributed by atoms with E-state index in [1.807, 2.05) is 0 Å². The average Bonchev–Trinajstić information content (AvgIpc) is 3.23. The number of carbonyl (C=O) groups is 1. The molecule has 5 rings (SSSR count). The van der Waals surface area contributed by atoms with E-state index in [4.69, 9.17) is 26.8 Å². The maximum absolute atomic E-state index is 14.8. The highest BCUT2D eigenvalue weighted by molar-refractivity contribution is 6.33. The monoisotopic (exact) mass is 451 g/mol. The molecule has 0 bridgehead atoms. The lowest BCUT2D eigenvalue weighted by atomic mass is 9.92. The first-order valence-electron chi connectivity index (χ1n) is 11.5. The van der Waals surface area contributed by atoms with Gasteiger partial charge in [0.05, 0.1) is 22.9 Å². The number of piperidine rings is 1. The molecule has 1 aromatic rings. The Balaban J connectivity index is 1.11. The molecule has 1 aliphatic carbocycles. The van der Waals surface area contributed by atoms with Gasteiger partial charge in [0.15, 0.2) is 0 Å². The largest absolute Gasteiger partial charge is 0.492 e. The zero-order valence-corrected chi connectivity index (χ0v) is 18.6. The molecule has 2 saturated heterocycles. The predicted octanol–water partition coefficient (Wildman–Crippen LogP) is 3.06. The second kappa shape index (κ2) is 8.41. The molecule has 8 heteroatoms. The zero-order chi connectivity index (χ0) is 21.6. The number of ether oxygens (including phenoxy) is 2. The van der Waals surface area contributed by atoms with Gasteiger partial charge in [0.25, 0.3) is 5.91 Å². The lowest BCUT2D eigenvalue weighted by molar-refractivity contribution is -0.0173. The Morgan fingerprint density at radius 1 is 1.29 bits per heavy atom. The van der Waals surface area contributed by atoms with E-state index in [2.05, 4.69) is 10.2 Å². The van der Waals surface area contributed by atoms with Gasteiger partial charge >= 0.3 is 0 Å². The molecule has 1 saturated carbocycles. The summed E-state index contributed by atoms with van der Waals surface area (Å²) in [5.74, 6) is 2.14. The van der Waals surface area contributed by atoms with Crippen LogP contribution < -0.4 is 15.8 Å². The third-order valence-electron chi connectivity index (χ3n) is 7.64. The van der Waals surface area contributed by atoms with Crippen LogP contribution in [-0.2, 0) is 11.2 Å². The molecule has 3 aliphatic heterocycles. The van der Waals surface area contributed by atoms with Gasteiger partial charge in [-0.15, -0.1) is 0 Å². The molecule has 3 N–H and O–H groups in total. The first-order valence-corrected chi connectivity index (χ1v) is 11.8. The van der Waals surface area contributed by atoms with E-state index in [1.165, 1.54) is 0 Å². The van der Waals surface area contributed by atoms with Crippen LogP contribution in [0, 0.1) is 17.8 Å². The zero-order valence-electron chi connectivity index (χ0n) is 17.8. The average molecular weight is 452 g/mol. The Hall–Kier alpha value is -1.57. The summed E-state index contributed by atoms with van der Waals surface area (Å²) in [4.78, 5) is 15.2. The fourth-order valence-corrected chi connectivity index (χ4v) is 5.80. The fourth-order valence-electron chi connectivity index (χ4n) is 5.58. The van der Waals surface area contributed by atoms with Gasteiger partial charge < -0.3 is 25.4 Å². The normalized spacial score (nSPS) is 29.0. The lowest BCUT2D eigenvalue weighted by Gasteiger charge is -2.31. The number of nitrogens with zero attached hydrogens (tertiary/aromatic N) is 1. The number of likely N-dealkylation sites (tertiary alicyclic amines) is 1. The van der Waals surface area contributed by atoms with Gasteiger partial charge in [-0.05, 0) is 43.1 Å². The standard InChI is InChI=1S/C23H31ClFN3O3/c24-19-10-15(21-14(20(19)26)2-1-7-31-21)22(29)27-11-16-17-12-28(13-18(16)17)6-3-23(25)4-8-30-9-5-23/h10,16-18H,1-9,11-13,26H2,(H,27,29). The predicted molar refractivity (Wildman–Crippen MR) is 117 cm³/mol. The summed E-state index contributed by atoms with van der Waals surface area (Å²) in [6, 6.07) is 1.62. The van der Waals surface area contributed by atoms with Crippen molar-refractivity contribution in [3.05, 3.63) is 22.2 Å². The van der Waals surface area contributed by atoms with Crippen molar-refractivity contribution in [2.24, 2.45) is 17.8 Å². The summed E-state index contributed by atoms with van der Waals surface area (Å²) in [7, 11) is 0. The van der Waals surface area contributed by atoms with E-state index >= 15 is 0 Å². The van der Waals surface area contributed by atoms with Crippen molar-refractivity contribution in [3.63, 3.8) is 0 Å². The Bertz CT molecular complexity index is 849. The summed E-state index contributed by atoms with van der Waals surface area (Å²) >= 11 is 6.26. The summed E-state index contributed by atoms with van der Waals surface area (Å²) < 4.78 is 25.8. The van der Waals surface area contributed by atoms with Crippen molar-refractivity contribution < 1.29 is 18.7 Å². The van der Waals surface area contributed by atoms with E-state index in [0.29, 0.717) is 85.4 Å². The van der Waals surface area contributed by atoms with Gasteiger partial charge in [0.1, 0.15) is 11.4 Å². The minimum atomic E-state index is -1.06. The van der Waals surface area contributed by atoms with Gasteiger partial charge in [-0.1, -0.05) is 11.6 Å². The van der Waals surface area contributed by atoms with Crippen molar-refractivity contribution in [1.29, 1.82) is 0 Å². The van der Waals surface area contributed by atoms with Crippen molar-refractivity contribution in [2.75, 3.05) is 51.7 Å². The number of nitrogen functional groups attached to an aromatic ring is 1. The summed E-state index contributed by atoms with van der Waals surface area (Å²) in [5, 5.41) is 3.49. The van der Waals surface area contributed by atoms with E-state index < -0.39 is 5.67 Å². The third-order valence-corrected chi connectivity index (χ3v) is 7.96. The number of fused-ring (bicyclic) bond motifs is 2. The number of anilines is 1. The van der Waals surface area contributed by atoms with Crippen LogP contribution in [0.3, 0.4) is 0 Å². The topological polar surface area (TPSA) is 76.8 Å². The van der Waals surface area contributed by atoms with Crippen molar-refractivity contribution in [3.8, 4) is 5.75 Å². The van der Waals surface area contributed by atoms with Gasteiger partial charge in [0.2, 0.25) is 0 Å². The number of nitrogens with one attached hydrogen (secondary N) is 1. The second-order valence-electron chi connectivity index (χ2n) is 9.55. The van der Waals surface area contributed by atoms with Crippen LogP contribution in [-0.4, -0.2) is 62.5 Å². The highest BCUT2D eigenvalue weighted by Gasteiger charge is 2.55. The number of hydrogen-bond acceptors (Lipinski definition) is 5. The Morgan fingerprint density at radius 3 is 2.77 bits per heavy atom. The quantitative estimate of drug-likeness (QED) is 0.650. The van der Waals surface area contributed by atoms with Crippen molar-refractivity contribution in [1.82, 2.24) is 10.2 Å². The van der Waals surface area contributed by atoms with Crippen LogP contribution in [0.15, 0.2) is 6.07 Å². The van der Waals surface area contributed by atoms with Crippen LogP contribution in [0.25, 0.3) is 0 Å². The number of rotatable bonds is 6. The molecule has 6 nitrogen and oxygen atoms in total. The van der Waals surface area contributed by atoms with E-state index in [0.717, 1.165) is 38.0 Å².